The van der Waals surface area contributed by atoms with Gasteiger partial charge in [0.15, 0.2) is 0 Å². The van der Waals surface area contributed by atoms with Crippen molar-refractivity contribution < 1.29 is 0 Å². The van der Waals surface area contributed by atoms with Crippen LogP contribution in [0.5, 0.6) is 0 Å². The highest BCUT2D eigenvalue weighted by Crippen LogP contribution is 2.30. The summed E-state index contributed by atoms with van der Waals surface area (Å²) in [4.78, 5) is 0. The lowest BCUT2D eigenvalue weighted by Crippen LogP contribution is -2.31. The van der Waals surface area contributed by atoms with E-state index in [0.717, 1.165) is 29.6 Å². The van der Waals surface area contributed by atoms with Gasteiger partial charge in [-0.15, -0.1) is 0 Å². The molecule has 4 nitrogen and oxygen atoms in total. The number of aromatic nitrogens is 2. The molecule has 1 atom stereocenters. The maximum Gasteiger partial charge on any atom is 0.0892 e. The fourth-order valence-electron chi connectivity index (χ4n) is 2.50. The van der Waals surface area contributed by atoms with Crippen molar-refractivity contribution in [1.82, 2.24) is 15.2 Å². The molecule has 0 saturated carbocycles. The third-order valence-electron chi connectivity index (χ3n) is 3.46. The van der Waals surface area contributed by atoms with Gasteiger partial charge in [-0.05, 0) is 39.9 Å². The number of hydrogen-bond acceptors (Lipinski definition) is 3. The van der Waals surface area contributed by atoms with E-state index < -0.39 is 0 Å². The van der Waals surface area contributed by atoms with Crippen LogP contribution in [0.25, 0.3) is 0 Å². The average molecular weight is 337 g/mol. The minimum atomic E-state index is -0.0606. The van der Waals surface area contributed by atoms with Crippen LogP contribution in [0.1, 0.15) is 43.1 Å². The summed E-state index contributed by atoms with van der Waals surface area (Å²) in [6, 6.07) is 8.32. The molecular formula is C15H21BrN4. The van der Waals surface area contributed by atoms with Crippen LogP contribution in [0, 0.1) is 0 Å². The van der Waals surface area contributed by atoms with Crippen LogP contribution >= 0.6 is 15.9 Å². The molecule has 0 saturated heterocycles. The Bertz CT molecular complexity index is 565. The predicted octanol–water partition coefficient (Wildman–Crippen LogP) is 3.17. The van der Waals surface area contributed by atoms with Gasteiger partial charge in [0.25, 0.3) is 0 Å². The van der Waals surface area contributed by atoms with Crippen molar-refractivity contribution in [2.45, 2.75) is 39.3 Å². The lowest BCUT2D eigenvalue weighted by Gasteiger charge is -2.21. The maximum absolute atomic E-state index is 5.84. The molecule has 3 N–H and O–H groups in total. The molecule has 5 heteroatoms. The summed E-state index contributed by atoms with van der Waals surface area (Å²) in [6.45, 7) is 5.18. The lowest BCUT2D eigenvalue weighted by molar-refractivity contribution is 0.518. The Labute approximate surface area is 128 Å². The van der Waals surface area contributed by atoms with Gasteiger partial charge in [-0.3, -0.25) is 10.5 Å². The monoisotopic (exact) mass is 336 g/mol. The first-order valence-electron chi connectivity index (χ1n) is 6.98. The first-order valence-corrected chi connectivity index (χ1v) is 7.77. The second kappa shape index (κ2) is 7.02. The number of aryl methyl sites for hydroxylation is 2. The number of halogens is 1. The minimum absolute atomic E-state index is 0.0606. The second-order valence-corrected chi connectivity index (χ2v) is 5.61. The number of benzene rings is 1. The Morgan fingerprint density at radius 2 is 2.10 bits per heavy atom. The van der Waals surface area contributed by atoms with Crippen molar-refractivity contribution in [2.24, 2.45) is 5.84 Å². The standard InChI is InChI=1S/C15H21BrN4/c1-3-9-20-15(13(16)10-18-20)14(19-17)12-8-6-5-7-11(12)4-2/h5-8,10,14,19H,3-4,9,17H2,1-2H3. The van der Waals surface area contributed by atoms with E-state index in [1.165, 1.54) is 11.1 Å². The Kier molecular flexibility index (Phi) is 5.34. The van der Waals surface area contributed by atoms with Gasteiger partial charge in [0.05, 0.1) is 22.4 Å². The average Bonchev–Trinajstić information content (AvgIpc) is 2.83. The van der Waals surface area contributed by atoms with E-state index in [-0.39, 0.29) is 6.04 Å². The Hall–Kier alpha value is -1.17. The molecule has 0 radical (unpaired) electrons. The van der Waals surface area contributed by atoms with Crippen LogP contribution in [-0.4, -0.2) is 9.78 Å². The van der Waals surface area contributed by atoms with E-state index in [1.54, 1.807) is 0 Å². The van der Waals surface area contributed by atoms with Crippen LogP contribution in [0.4, 0.5) is 0 Å². The largest absolute Gasteiger partial charge is 0.271 e. The van der Waals surface area contributed by atoms with E-state index in [1.807, 2.05) is 16.9 Å². The van der Waals surface area contributed by atoms with Gasteiger partial charge in [-0.1, -0.05) is 38.1 Å². The van der Waals surface area contributed by atoms with E-state index in [4.69, 9.17) is 5.84 Å². The summed E-state index contributed by atoms with van der Waals surface area (Å²) < 4.78 is 3.00. The van der Waals surface area contributed by atoms with Crippen molar-refractivity contribution >= 4 is 15.9 Å². The number of hydrogen-bond donors (Lipinski definition) is 2. The molecule has 1 aromatic carbocycles. The second-order valence-electron chi connectivity index (χ2n) is 4.75. The molecule has 0 bridgehead atoms. The fourth-order valence-corrected chi connectivity index (χ4v) is 3.03. The Morgan fingerprint density at radius 1 is 1.35 bits per heavy atom. The van der Waals surface area contributed by atoms with Gasteiger partial charge in [0.1, 0.15) is 0 Å². The summed E-state index contributed by atoms with van der Waals surface area (Å²) in [5, 5.41) is 4.43. The summed E-state index contributed by atoms with van der Waals surface area (Å²) >= 11 is 3.59. The normalized spacial score (nSPS) is 12.6. The summed E-state index contributed by atoms with van der Waals surface area (Å²) in [5.41, 5.74) is 6.53. The zero-order valence-corrected chi connectivity index (χ0v) is 13.5. The third-order valence-corrected chi connectivity index (χ3v) is 4.07. The van der Waals surface area contributed by atoms with E-state index in [0.29, 0.717) is 0 Å². The zero-order chi connectivity index (χ0) is 14.5. The molecule has 0 fully saturated rings. The number of nitrogens with zero attached hydrogens (tertiary/aromatic N) is 2. The molecule has 0 amide bonds. The molecule has 1 heterocycles. The van der Waals surface area contributed by atoms with Crippen LogP contribution < -0.4 is 11.3 Å². The molecule has 2 rings (SSSR count). The predicted molar refractivity (Wildman–Crippen MR) is 85.2 cm³/mol. The van der Waals surface area contributed by atoms with Gasteiger partial charge < -0.3 is 0 Å². The van der Waals surface area contributed by atoms with Gasteiger partial charge in [-0.2, -0.15) is 5.10 Å². The van der Waals surface area contributed by atoms with Crippen molar-refractivity contribution in [1.29, 1.82) is 0 Å². The minimum Gasteiger partial charge on any atom is -0.271 e. The molecule has 1 aromatic heterocycles. The summed E-state index contributed by atoms with van der Waals surface area (Å²) in [5.74, 6) is 5.84. The number of rotatable bonds is 6. The van der Waals surface area contributed by atoms with Gasteiger partial charge in [0.2, 0.25) is 0 Å². The van der Waals surface area contributed by atoms with Crippen LogP contribution in [0.2, 0.25) is 0 Å². The molecule has 20 heavy (non-hydrogen) atoms. The maximum atomic E-state index is 5.84. The topological polar surface area (TPSA) is 55.9 Å². The third kappa shape index (κ3) is 2.95. The van der Waals surface area contributed by atoms with Gasteiger partial charge >= 0.3 is 0 Å². The molecule has 0 spiro atoms. The van der Waals surface area contributed by atoms with Crippen LogP contribution in [0.3, 0.4) is 0 Å². The fraction of sp³-hybridized carbons (Fsp3) is 0.400. The number of nitrogens with two attached hydrogens (primary N) is 1. The highest BCUT2D eigenvalue weighted by molar-refractivity contribution is 9.10. The van der Waals surface area contributed by atoms with E-state index in [2.05, 4.69) is 58.5 Å². The van der Waals surface area contributed by atoms with Crippen molar-refractivity contribution in [3.05, 3.63) is 51.8 Å². The summed E-state index contributed by atoms with van der Waals surface area (Å²) in [7, 11) is 0. The van der Waals surface area contributed by atoms with Crippen molar-refractivity contribution in [3.8, 4) is 0 Å². The molecule has 2 aromatic rings. The summed E-state index contributed by atoms with van der Waals surface area (Å²) in [6.07, 6.45) is 3.85. The van der Waals surface area contributed by atoms with Crippen LogP contribution in [-0.2, 0) is 13.0 Å². The molecule has 0 aliphatic heterocycles. The number of nitrogens with one attached hydrogen (secondary N) is 1. The van der Waals surface area contributed by atoms with Gasteiger partial charge in [-0.25, -0.2) is 5.43 Å². The van der Waals surface area contributed by atoms with E-state index in [9.17, 15) is 0 Å². The van der Waals surface area contributed by atoms with Crippen molar-refractivity contribution in [3.63, 3.8) is 0 Å². The van der Waals surface area contributed by atoms with Gasteiger partial charge in [0, 0.05) is 6.54 Å². The first kappa shape index (κ1) is 15.2. The molecule has 1 unspecified atom stereocenters. The first-order chi connectivity index (χ1) is 9.72. The van der Waals surface area contributed by atoms with Crippen molar-refractivity contribution in [2.75, 3.05) is 0 Å². The Balaban J connectivity index is 2.49. The highest BCUT2D eigenvalue weighted by Gasteiger charge is 2.22. The molecular weight excluding hydrogens is 316 g/mol. The highest BCUT2D eigenvalue weighted by atomic mass is 79.9. The number of hydrazine groups is 1. The molecule has 108 valence electrons. The quantitative estimate of drug-likeness (QED) is 0.629. The lowest BCUT2D eigenvalue weighted by atomic mass is 9.97. The van der Waals surface area contributed by atoms with Crippen LogP contribution in [0.15, 0.2) is 34.9 Å². The Morgan fingerprint density at radius 3 is 2.75 bits per heavy atom. The molecule has 0 aliphatic rings. The zero-order valence-electron chi connectivity index (χ0n) is 11.9. The SMILES string of the molecule is CCCn1ncc(Br)c1C(NN)c1ccccc1CC. The van der Waals surface area contributed by atoms with E-state index >= 15 is 0 Å². The molecule has 0 aliphatic carbocycles. The smallest absolute Gasteiger partial charge is 0.0892 e.